The fourth-order valence-electron chi connectivity index (χ4n) is 3.20. The van der Waals surface area contributed by atoms with Crippen LogP contribution in [0.25, 0.3) is 0 Å². The highest BCUT2D eigenvalue weighted by molar-refractivity contribution is 5.83. The van der Waals surface area contributed by atoms with E-state index in [4.69, 9.17) is 0 Å². The molecule has 1 aliphatic rings. The normalized spacial score (nSPS) is 22.2. The lowest BCUT2D eigenvalue weighted by Gasteiger charge is -2.29. The Morgan fingerprint density at radius 3 is 2.45 bits per heavy atom. The number of hydrogen-bond acceptors (Lipinski definition) is 2. The first-order valence-corrected chi connectivity index (χ1v) is 7.73. The first-order chi connectivity index (χ1) is 9.20. The van der Waals surface area contributed by atoms with Crippen molar-refractivity contribution in [3.8, 4) is 0 Å². The van der Waals surface area contributed by atoms with Gasteiger partial charge in [-0.25, -0.2) is 4.79 Å². The molecule has 1 fully saturated rings. The molecular weight excluding hydrogens is 254 g/mol. The van der Waals surface area contributed by atoms with Crippen LogP contribution in [-0.4, -0.2) is 34.5 Å². The van der Waals surface area contributed by atoms with Gasteiger partial charge in [-0.05, 0) is 30.6 Å². The zero-order valence-electron chi connectivity index (χ0n) is 13.3. The Kier molecular flexibility index (Phi) is 6.03. The summed E-state index contributed by atoms with van der Waals surface area (Å²) >= 11 is 0. The smallest absolute Gasteiger partial charge is 0.326 e. The van der Waals surface area contributed by atoms with Gasteiger partial charge in [0.15, 0.2) is 0 Å². The van der Waals surface area contributed by atoms with Crippen LogP contribution < -0.4 is 0 Å². The van der Waals surface area contributed by atoms with Gasteiger partial charge in [-0.1, -0.05) is 40.5 Å². The monoisotopic (exact) mass is 283 g/mol. The van der Waals surface area contributed by atoms with E-state index in [0.29, 0.717) is 25.3 Å². The minimum Gasteiger partial charge on any atom is -0.480 e. The summed E-state index contributed by atoms with van der Waals surface area (Å²) in [5.74, 6) is -0.556. The third-order valence-corrected chi connectivity index (χ3v) is 3.84. The highest BCUT2D eigenvalue weighted by Crippen LogP contribution is 2.27. The van der Waals surface area contributed by atoms with Gasteiger partial charge in [0.2, 0.25) is 5.91 Å². The van der Waals surface area contributed by atoms with Crippen LogP contribution in [0.1, 0.15) is 66.2 Å². The number of amides is 1. The van der Waals surface area contributed by atoms with Crippen LogP contribution in [0, 0.1) is 11.3 Å². The first-order valence-electron chi connectivity index (χ1n) is 7.73. The molecule has 116 valence electrons. The molecule has 1 amide bonds. The second kappa shape index (κ2) is 7.09. The van der Waals surface area contributed by atoms with Crippen LogP contribution in [0.2, 0.25) is 0 Å². The maximum atomic E-state index is 12.4. The van der Waals surface area contributed by atoms with E-state index in [1.165, 1.54) is 0 Å². The lowest BCUT2D eigenvalue weighted by Crippen LogP contribution is -2.45. The van der Waals surface area contributed by atoms with Crippen LogP contribution in [-0.2, 0) is 9.59 Å². The Bertz CT molecular complexity index is 346. The largest absolute Gasteiger partial charge is 0.480 e. The molecular formula is C16H29NO3. The molecule has 1 N–H and O–H groups in total. The molecule has 4 heteroatoms. The van der Waals surface area contributed by atoms with Crippen molar-refractivity contribution in [2.24, 2.45) is 11.3 Å². The molecule has 2 unspecified atom stereocenters. The standard InChI is InChI=1S/C16H29NO3/c1-12(11-16(2,3)4)10-14(18)17-9-7-5-6-8-13(17)15(19)20/h12-13H,5-11H2,1-4H3,(H,19,20). The van der Waals surface area contributed by atoms with Gasteiger partial charge in [-0.3, -0.25) is 4.79 Å². The Balaban J connectivity index is 2.65. The van der Waals surface area contributed by atoms with Crippen molar-refractivity contribution in [2.75, 3.05) is 6.54 Å². The first kappa shape index (κ1) is 17.0. The van der Waals surface area contributed by atoms with Gasteiger partial charge in [0.05, 0.1) is 0 Å². The molecule has 0 bridgehead atoms. The van der Waals surface area contributed by atoms with E-state index in [-0.39, 0.29) is 11.3 Å². The zero-order chi connectivity index (χ0) is 15.3. The summed E-state index contributed by atoms with van der Waals surface area (Å²) in [6.07, 6.45) is 4.87. The fraction of sp³-hybridized carbons (Fsp3) is 0.875. The van der Waals surface area contributed by atoms with Gasteiger partial charge < -0.3 is 10.0 Å². The van der Waals surface area contributed by atoms with E-state index in [1.54, 1.807) is 4.90 Å². The minimum atomic E-state index is -0.858. The van der Waals surface area contributed by atoms with Gasteiger partial charge in [0, 0.05) is 13.0 Å². The lowest BCUT2D eigenvalue weighted by atomic mass is 9.84. The van der Waals surface area contributed by atoms with Crippen LogP contribution >= 0.6 is 0 Å². The van der Waals surface area contributed by atoms with E-state index in [9.17, 15) is 14.7 Å². The second-order valence-corrected chi connectivity index (χ2v) is 7.36. The molecule has 2 atom stereocenters. The Morgan fingerprint density at radius 2 is 1.90 bits per heavy atom. The second-order valence-electron chi connectivity index (χ2n) is 7.36. The van der Waals surface area contributed by atoms with E-state index in [0.717, 1.165) is 25.7 Å². The Morgan fingerprint density at radius 1 is 1.25 bits per heavy atom. The van der Waals surface area contributed by atoms with Crippen LogP contribution in [0.3, 0.4) is 0 Å². The van der Waals surface area contributed by atoms with Crippen molar-refractivity contribution in [3.05, 3.63) is 0 Å². The van der Waals surface area contributed by atoms with Gasteiger partial charge in [-0.2, -0.15) is 0 Å². The summed E-state index contributed by atoms with van der Waals surface area (Å²) in [6.45, 7) is 9.18. The zero-order valence-corrected chi connectivity index (χ0v) is 13.3. The fourth-order valence-corrected chi connectivity index (χ4v) is 3.20. The van der Waals surface area contributed by atoms with E-state index in [2.05, 4.69) is 27.7 Å². The number of carboxylic acids is 1. The van der Waals surface area contributed by atoms with Crippen molar-refractivity contribution in [2.45, 2.75) is 72.3 Å². The van der Waals surface area contributed by atoms with Gasteiger partial charge in [-0.15, -0.1) is 0 Å². The Hall–Kier alpha value is -1.06. The predicted octanol–water partition coefficient (Wildman–Crippen LogP) is 3.30. The summed E-state index contributed by atoms with van der Waals surface area (Å²) in [7, 11) is 0. The number of aliphatic carboxylic acids is 1. The average Bonchev–Trinajstić information content (AvgIpc) is 2.50. The Labute approximate surface area is 122 Å². The van der Waals surface area contributed by atoms with Gasteiger partial charge in [0.1, 0.15) is 6.04 Å². The summed E-state index contributed by atoms with van der Waals surface area (Å²) in [6, 6.07) is -0.619. The maximum Gasteiger partial charge on any atom is 0.326 e. The number of carbonyl (C=O) groups excluding carboxylic acids is 1. The topological polar surface area (TPSA) is 57.6 Å². The molecule has 0 aromatic carbocycles. The molecule has 0 aromatic rings. The van der Waals surface area contributed by atoms with Crippen LogP contribution in [0.4, 0.5) is 0 Å². The summed E-state index contributed by atoms with van der Waals surface area (Å²) in [5.41, 5.74) is 0.199. The average molecular weight is 283 g/mol. The number of carboxylic acid groups (broad SMARTS) is 1. The number of rotatable bonds is 4. The molecule has 1 heterocycles. The van der Waals surface area contributed by atoms with Crippen LogP contribution in [0.5, 0.6) is 0 Å². The highest BCUT2D eigenvalue weighted by atomic mass is 16.4. The van der Waals surface area contributed by atoms with Crippen molar-refractivity contribution < 1.29 is 14.7 Å². The molecule has 1 rings (SSSR count). The molecule has 1 saturated heterocycles. The molecule has 0 aliphatic carbocycles. The van der Waals surface area contributed by atoms with Gasteiger partial charge >= 0.3 is 5.97 Å². The molecule has 20 heavy (non-hydrogen) atoms. The van der Waals surface area contributed by atoms with Crippen molar-refractivity contribution >= 4 is 11.9 Å². The molecule has 4 nitrogen and oxygen atoms in total. The van der Waals surface area contributed by atoms with E-state index >= 15 is 0 Å². The molecule has 0 spiro atoms. The van der Waals surface area contributed by atoms with Crippen molar-refractivity contribution in [1.82, 2.24) is 4.90 Å². The molecule has 0 radical (unpaired) electrons. The molecule has 0 saturated carbocycles. The van der Waals surface area contributed by atoms with Crippen molar-refractivity contribution in [3.63, 3.8) is 0 Å². The highest BCUT2D eigenvalue weighted by Gasteiger charge is 2.31. The summed E-state index contributed by atoms with van der Waals surface area (Å²) < 4.78 is 0. The lowest BCUT2D eigenvalue weighted by molar-refractivity contribution is -0.150. The van der Waals surface area contributed by atoms with Gasteiger partial charge in [0.25, 0.3) is 0 Å². The molecule has 1 aliphatic heterocycles. The SMILES string of the molecule is CC(CC(=O)N1CCCCCC1C(=O)O)CC(C)(C)C. The predicted molar refractivity (Wildman–Crippen MR) is 79.5 cm³/mol. The summed E-state index contributed by atoms with van der Waals surface area (Å²) in [5, 5.41) is 9.31. The van der Waals surface area contributed by atoms with Crippen LogP contribution in [0.15, 0.2) is 0 Å². The number of likely N-dealkylation sites (tertiary alicyclic amines) is 1. The number of nitrogens with zero attached hydrogens (tertiary/aromatic N) is 1. The van der Waals surface area contributed by atoms with E-state index < -0.39 is 12.0 Å². The third kappa shape index (κ3) is 5.51. The van der Waals surface area contributed by atoms with Crippen molar-refractivity contribution in [1.29, 1.82) is 0 Å². The quantitative estimate of drug-likeness (QED) is 0.861. The van der Waals surface area contributed by atoms with E-state index in [1.807, 2.05) is 0 Å². The third-order valence-electron chi connectivity index (χ3n) is 3.84. The number of carbonyl (C=O) groups is 2. The molecule has 0 aromatic heterocycles. The minimum absolute atomic E-state index is 0.0102. The number of hydrogen-bond donors (Lipinski definition) is 1. The summed E-state index contributed by atoms with van der Waals surface area (Å²) in [4.78, 5) is 25.4. The maximum absolute atomic E-state index is 12.4.